The SMILES string of the molecule is CC(=O)N[C@@H]1[C@@H](N=C(NC(=O)OC(C)(C)C)NC(=O)OC(C)(C)C)C=C(C(=O)OC(c2ccccc2)c2ccccc2)O[C@H]1C(=O)N(C)C. The molecule has 0 bridgehead atoms. The van der Waals surface area contributed by atoms with E-state index >= 15 is 0 Å². The van der Waals surface area contributed by atoms with E-state index < -0.39 is 71.4 Å². The number of nitrogens with one attached hydrogen (secondary N) is 3. The molecular formula is C35H45N5O9. The maximum Gasteiger partial charge on any atom is 0.414 e. The minimum absolute atomic E-state index is 0.388. The minimum atomic E-state index is -1.48. The molecule has 0 spiro atoms. The van der Waals surface area contributed by atoms with Gasteiger partial charge < -0.3 is 29.2 Å². The van der Waals surface area contributed by atoms with Gasteiger partial charge in [0.05, 0.1) is 0 Å². The van der Waals surface area contributed by atoms with Gasteiger partial charge in [0.2, 0.25) is 17.6 Å². The Morgan fingerprint density at radius 3 is 1.67 bits per heavy atom. The first kappa shape index (κ1) is 38.1. The van der Waals surface area contributed by atoms with E-state index in [1.807, 2.05) is 12.1 Å². The average molecular weight is 680 g/mol. The number of guanidine groups is 1. The molecule has 3 rings (SSSR count). The second-order valence-corrected chi connectivity index (χ2v) is 13.4. The molecule has 1 heterocycles. The molecule has 0 unspecified atom stereocenters. The fraction of sp³-hybridized carbons (Fsp3) is 0.429. The number of amides is 4. The third kappa shape index (κ3) is 12.0. The van der Waals surface area contributed by atoms with Gasteiger partial charge >= 0.3 is 18.2 Å². The normalized spacial score (nSPS) is 17.3. The van der Waals surface area contributed by atoms with Crippen molar-refractivity contribution in [3.8, 4) is 0 Å². The zero-order chi connectivity index (χ0) is 36.5. The Labute approximate surface area is 286 Å². The molecule has 49 heavy (non-hydrogen) atoms. The van der Waals surface area contributed by atoms with E-state index in [9.17, 15) is 24.0 Å². The van der Waals surface area contributed by atoms with Gasteiger partial charge in [-0.2, -0.15) is 0 Å². The van der Waals surface area contributed by atoms with Gasteiger partial charge in [0, 0.05) is 21.0 Å². The number of carbonyl (C=O) groups excluding carboxylic acids is 5. The third-order valence-electron chi connectivity index (χ3n) is 6.47. The Morgan fingerprint density at radius 1 is 0.796 bits per heavy atom. The number of alkyl carbamates (subject to hydrolysis) is 2. The van der Waals surface area contributed by atoms with Gasteiger partial charge in [0.15, 0.2) is 12.2 Å². The summed E-state index contributed by atoms with van der Waals surface area (Å²) in [7, 11) is 2.96. The van der Waals surface area contributed by atoms with E-state index in [-0.39, 0.29) is 5.76 Å². The van der Waals surface area contributed by atoms with E-state index in [1.54, 1.807) is 90.1 Å². The van der Waals surface area contributed by atoms with Crippen LogP contribution in [0.15, 0.2) is 77.5 Å². The molecule has 14 heteroatoms. The van der Waals surface area contributed by atoms with Crippen LogP contribution in [0, 0.1) is 0 Å². The lowest BCUT2D eigenvalue weighted by Gasteiger charge is -2.36. The maximum absolute atomic E-state index is 13.9. The topological polar surface area (TPSA) is 174 Å². The van der Waals surface area contributed by atoms with Crippen molar-refractivity contribution < 1.29 is 42.9 Å². The molecule has 2 aromatic rings. The van der Waals surface area contributed by atoms with Crippen LogP contribution in [0.2, 0.25) is 0 Å². The number of hydrogen-bond donors (Lipinski definition) is 3. The zero-order valence-corrected chi connectivity index (χ0v) is 29.2. The Morgan fingerprint density at radius 2 is 1.27 bits per heavy atom. The molecule has 1 aliphatic heterocycles. The van der Waals surface area contributed by atoms with Crippen molar-refractivity contribution in [2.75, 3.05) is 14.1 Å². The molecule has 3 N–H and O–H groups in total. The minimum Gasteiger partial charge on any atom is -0.471 e. The summed E-state index contributed by atoms with van der Waals surface area (Å²) in [6.45, 7) is 11.1. The predicted octanol–water partition coefficient (Wildman–Crippen LogP) is 3.97. The number of aliphatic imine (C=N–C) groups is 1. The number of ether oxygens (including phenoxy) is 4. The maximum atomic E-state index is 13.9. The number of likely N-dealkylation sites (N-methyl/N-ethyl adjacent to an activating group) is 1. The number of esters is 1. The second kappa shape index (κ2) is 16.1. The van der Waals surface area contributed by atoms with Gasteiger partial charge in [-0.3, -0.25) is 20.2 Å². The van der Waals surface area contributed by atoms with Crippen LogP contribution < -0.4 is 16.0 Å². The predicted molar refractivity (Wildman–Crippen MR) is 180 cm³/mol. The molecular weight excluding hydrogens is 634 g/mol. The lowest BCUT2D eigenvalue weighted by Crippen LogP contribution is -2.58. The fourth-order valence-electron chi connectivity index (χ4n) is 4.57. The molecule has 264 valence electrons. The smallest absolute Gasteiger partial charge is 0.414 e. The quantitative estimate of drug-likeness (QED) is 0.169. The van der Waals surface area contributed by atoms with Crippen LogP contribution in [-0.2, 0) is 33.3 Å². The number of hydrogen-bond acceptors (Lipinski definition) is 10. The summed E-state index contributed by atoms with van der Waals surface area (Å²) in [6, 6.07) is 15.6. The van der Waals surface area contributed by atoms with Gasteiger partial charge in [-0.05, 0) is 58.7 Å². The number of rotatable bonds is 7. The summed E-state index contributed by atoms with van der Waals surface area (Å²) >= 11 is 0. The molecule has 2 aromatic carbocycles. The summed E-state index contributed by atoms with van der Waals surface area (Å²) in [4.78, 5) is 71.0. The molecule has 0 aliphatic carbocycles. The second-order valence-electron chi connectivity index (χ2n) is 13.4. The molecule has 0 saturated carbocycles. The number of nitrogens with zero attached hydrogens (tertiary/aromatic N) is 2. The highest BCUT2D eigenvalue weighted by Gasteiger charge is 2.43. The van der Waals surface area contributed by atoms with Crippen LogP contribution in [0.25, 0.3) is 0 Å². The van der Waals surface area contributed by atoms with Gasteiger partial charge in [0.1, 0.15) is 23.3 Å². The highest BCUT2D eigenvalue weighted by molar-refractivity contribution is 6.01. The van der Waals surface area contributed by atoms with Crippen molar-refractivity contribution in [1.29, 1.82) is 0 Å². The van der Waals surface area contributed by atoms with Crippen LogP contribution in [0.4, 0.5) is 9.59 Å². The largest absolute Gasteiger partial charge is 0.471 e. The van der Waals surface area contributed by atoms with E-state index in [1.165, 1.54) is 32.0 Å². The summed E-state index contributed by atoms with van der Waals surface area (Å²) in [6.07, 6.45) is -3.03. The molecule has 0 saturated heterocycles. The third-order valence-corrected chi connectivity index (χ3v) is 6.47. The number of benzene rings is 2. The van der Waals surface area contributed by atoms with Crippen LogP contribution in [0.1, 0.15) is 65.7 Å². The molecule has 0 fully saturated rings. The van der Waals surface area contributed by atoms with Crippen molar-refractivity contribution in [2.24, 2.45) is 4.99 Å². The lowest BCUT2D eigenvalue weighted by atomic mass is 9.97. The van der Waals surface area contributed by atoms with Crippen molar-refractivity contribution >= 4 is 35.9 Å². The molecule has 4 amide bonds. The van der Waals surface area contributed by atoms with Gasteiger partial charge in [0.25, 0.3) is 5.91 Å². The standard InChI is InChI=1S/C35H45N5O9/c1-21(41)36-26-24(37-31(38-32(44)48-34(2,3)4)39-33(45)49-35(5,6)7)20-25(46-28(26)29(42)40(8)9)30(43)47-27(22-16-12-10-13-17-22)23-18-14-11-15-19-23/h10-20,24,26-28H,1-9H3,(H,36,41)(H2,37,38,39,44,45)/t24-,26+,28+/m0/s1. The van der Waals surface area contributed by atoms with E-state index in [4.69, 9.17) is 18.9 Å². The Kier molecular flexibility index (Phi) is 12.5. The summed E-state index contributed by atoms with van der Waals surface area (Å²) in [5.74, 6) is -2.92. The van der Waals surface area contributed by atoms with Crippen LogP contribution >= 0.6 is 0 Å². The zero-order valence-electron chi connectivity index (χ0n) is 29.2. The molecule has 1 aliphatic rings. The van der Waals surface area contributed by atoms with Crippen molar-refractivity contribution in [3.63, 3.8) is 0 Å². The highest BCUT2D eigenvalue weighted by atomic mass is 16.6. The molecule has 0 radical (unpaired) electrons. The first-order chi connectivity index (χ1) is 22.8. The Bertz CT molecular complexity index is 1490. The first-order valence-corrected chi connectivity index (χ1v) is 15.6. The monoisotopic (exact) mass is 679 g/mol. The summed E-state index contributed by atoms with van der Waals surface area (Å²) in [5.41, 5.74) is -0.467. The van der Waals surface area contributed by atoms with E-state index in [2.05, 4.69) is 20.9 Å². The van der Waals surface area contributed by atoms with Gasteiger partial charge in [-0.1, -0.05) is 60.7 Å². The Hall–Kier alpha value is -5.40. The van der Waals surface area contributed by atoms with Crippen molar-refractivity contribution in [3.05, 3.63) is 83.6 Å². The summed E-state index contributed by atoms with van der Waals surface area (Å²) in [5, 5.41) is 7.42. The fourth-order valence-corrected chi connectivity index (χ4v) is 4.57. The van der Waals surface area contributed by atoms with Crippen molar-refractivity contribution in [2.45, 2.75) is 84.0 Å². The number of carbonyl (C=O) groups is 5. The lowest BCUT2D eigenvalue weighted by molar-refractivity contribution is -0.153. The first-order valence-electron chi connectivity index (χ1n) is 15.6. The molecule has 3 atom stereocenters. The highest BCUT2D eigenvalue weighted by Crippen LogP contribution is 2.29. The van der Waals surface area contributed by atoms with Crippen LogP contribution in [0.3, 0.4) is 0 Å². The van der Waals surface area contributed by atoms with Gasteiger partial charge in [-0.15, -0.1) is 0 Å². The van der Waals surface area contributed by atoms with Crippen molar-refractivity contribution in [1.82, 2.24) is 20.9 Å². The van der Waals surface area contributed by atoms with Crippen LogP contribution in [-0.4, -0.2) is 84.3 Å². The van der Waals surface area contributed by atoms with E-state index in [0.717, 1.165) is 0 Å². The summed E-state index contributed by atoms with van der Waals surface area (Å²) < 4.78 is 22.6. The molecule has 0 aromatic heterocycles. The van der Waals surface area contributed by atoms with Gasteiger partial charge in [-0.25, -0.2) is 19.4 Å². The van der Waals surface area contributed by atoms with E-state index in [0.29, 0.717) is 11.1 Å². The Balaban J connectivity index is 2.14. The van der Waals surface area contributed by atoms with Crippen LogP contribution in [0.5, 0.6) is 0 Å². The molecule has 14 nitrogen and oxygen atoms in total. The average Bonchev–Trinajstić information content (AvgIpc) is 2.98.